The topological polar surface area (TPSA) is 214 Å². The van der Waals surface area contributed by atoms with Crippen molar-refractivity contribution in [1.29, 1.82) is 0 Å². The van der Waals surface area contributed by atoms with E-state index in [-0.39, 0.29) is 18.1 Å². The van der Waals surface area contributed by atoms with Gasteiger partial charge in [0.25, 0.3) is 5.56 Å². The molecule has 0 saturated carbocycles. The maximum Gasteiger partial charge on any atom is 0.459 e. The van der Waals surface area contributed by atoms with Gasteiger partial charge < -0.3 is 28.9 Å². The lowest BCUT2D eigenvalue weighted by molar-refractivity contribution is -0.146. The van der Waals surface area contributed by atoms with Crippen LogP contribution in [0.2, 0.25) is 0 Å². The van der Waals surface area contributed by atoms with Crippen LogP contribution in [0.1, 0.15) is 18.7 Å². The van der Waals surface area contributed by atoms with Gasteiger partial charge >= 0.3 is 19.4 Å². The van der Waals surface area contributed by atoms with Crippen LogP contribution in [0.3, 0.4) is 0 Å². The van der Waals surface area contributed by atoms with Gasteiger partial charge in [0.05, 0.1) is 7.11 Å². The molecule has 0 radical (unpaired) electrons. The molecule has 46 heavy (non-hydrogen) atoms. The first kappa shape index (κ1) is 33.0. The Labute approximate surface area is 262 Å². The number of esters is 1. The van der Waals surface area contributed by atoms with Crippen molar-refractivity contribution >= 4 is 24.5 Å². The van der Waals surface area contributed by atoms with Gasteiger partial charge in [-0.3, -0.25) is 29.4 Å². The summed E-state index contributed by atoms with van der Waals surface area (Å²) in [6.45, 7) is 0.461. The number of carbonyl (C=O) groups excluding carboxylic acids is 1. The molecule has 0 spiro atoms. The van der Waals surface area contributed by atoms with Crippen molar-refractivity contribution in [1.82, 2.24) is 14.6 Å². The van der Waals surface area contributed by atoms with Gasteiger partial charge in [-0.25, -0.2) is 9.36 Å². The van der Waals surface area contributed by atoms with Gasteiger partial charge in [-0.15, -0.1) is 0 Å². The number of aliphatic hydroxyl groups is 2. The maximum atomic E-state index is 14.3. The summed E-state index contributed by atoms with van der Waals surface area (Å²) in [5.41, 5.74) is 3.12. The molecule has 1 aliphatic heterocycles. The normalized spacial score (nSPS) is 23.0. The van der Waals surface area contributed by atoms with E-state index in [0.29, 0.717) is 5.39 Å². The van der Waals surface area contributed by atoms with Crippen molar-refractivity contribution in [3.05, 3.63) is 105 Å². The smallest absolute Gasteiger partial charge is 0.459 e. The summed E-state index contributed by atoms with van der Waals surface area (Å²) < 4.78 is 43.1. The van der Waals surface area contributed by atoms with Crippen molar-refractivity contribution < 1.29 is 42.8 Å². The van der Waals surface area contributed by atoms with E-state index in [9.17, 15) is 29.2 Å². The zero-order chi connectivity index (χ0) is 33.1. The van der Waals surface area contributed by atoms with Crippen LogP contribution in [-0.2, 0) is 30.0 Å². The fraction of sp³-hybridized carbons (Fsp3) is 0.300. The summed E-state index contributed by atoms with van der Waals surface area (Å²) in [5, 5.41) is 25.6. The third-order valence-electron chi connectivity index (χ3n) is 7.22. The van der Waals surface area contributed by atoms with E-state index in [1.807, 2.05) is 23.2 Å². The summed E-state index contributed by atoms with van der Waals surface area (Å²) in [6.07, 6.45) is -4.13. The van der Waals surface area contributed by atoms with Gasteiger partial charge in [-0.05, 0) is 35.4 Å². The summed E-state index contributed by atoms with van der Waals surface area (Å²) in [7, 11) is -3.23. The van der Waals surface area contributed by atoms with Gasteiger partial charge in [0.15, 0.2) is 23.5 Å². The Morgan fingerprint density at radius 2 is 1.74 bits per heavy atom. The Morgan fingerprint density at radius 3 is 2.39 bits per heavy atom. The van der Waals surface area contributed by atoms with Crippen molar-refractivity contribution in [2.45, 2.75) is 43.7 Å². The van der Waals surface area contributed by atoms with E-state index < -0.39 is 61.8 Å². The number of ether oxygens (including phenoxy) is 3. The number of hydrogen-bond donors (Lipinski definition) is 5. The highest BCUT2D eigenvalue weighted by atomic mass is 31.2. The molecule has 4 aromatic rings. The molecular weight excluding hydrogens is 623 g/mol. The highest BCUT2D eigenvalue weighted by molar-refractivity contribution is 7.52. The molecular formula is C30H33N4O11P. The lowest BCUT2D eigenvalue weighted by Crippen LogP contribution is -2.54. The first-order chi connectivity index (χ1) is 21.9. The monoisotopic (exact) mass is 656 g/mol. The lowest BCUT2D eigenvalue weighted by Gasteiger charge is -2.30. The number of fused-ring (bicyclic) bond motifs is 1. The number of carbonyl (C=O) groups is 1. The predicted molar refractivity (Wildman–Crippen MR) is 164 cm³/mol. The minimum atomic E-state index is -4.61. The molecule has 0 aliphatic carbocycles. The number of H-pyrrole nitrogens is 1. The van der Waals surface area contributed by atoms with Crippen LogP contribution in [0.5, 0.6) is 11.5 Å². The Kier molecular flexibility index (Phi) is 9.74. The number of aromatic nitrogens is 2. The Bertz CT molecular complexity index is 1870. The number of nitrogens with one attached hydrogen (secondary N) is 2. The van der Waals surface area contributed by atoms with Crippen LogP contribution in [0.15, 0.2) is 88.6 Å². The van der Waals surface area contributed by atoms with Crippen LogP contribution in [-0.4, -0.2) is 63.4 Å². The van der Waals surface area contributed by atoms with E-state index >= 15 is 0 Å². The lowest BCUT2D eigenvalue weighted by atomic mass is 10.1. The van der Waals surface area contributed by atoms with Crippen LogP contribution < -0.4 is 31.3 Å². The second-order valence-electron chi connectivity index (χ2n) is 10.6. The van der Waals surface area contributed by atoms with E-state index in [4.69, 9.17) is 29.0 Å². The third-order valence-corrected chi connectivity index (χ3v) is 8.83. The molecule has 1 aromatic heterocycles. The van der Waals surface area contributed by atoms with E-state index in [1.165, 1.54) is 14.0 Å². The Balaban J connectivity index is 1.40. The average Bonchev–Trinajstić information content (AvgIpc) is 3.26. The molecule has 1 unspecified atom stereocenters. The molecule has 6 atom stereocenters. The average molecular weight is 657 g/mol. The van der Waals surface area contributed by atoms with Gasteiger partial charge in [0.2, 0.25) is 0 Å². The first-order valence-corrected chi connectivity index (χ1v) is 15.6. The van der Waals surface area contributed by atoms with Gasteiger partial charge in [0, 0.05) is 12.3 Å². The van der Waals surface area contributed by atoms with Gasteiger partial charge in [0.1, 0.15) is 31.5 Å². The number of nitrogens with zero attached hydrogens (tertiary/aromatic N) is 1. The fourth-order valence-corrected chi connectivity index (χ4v) is 6.29. The second kappa shape index (κ2) is 13.6. The van der Waals surface area contributed by atoms with Crippen LogP contribution in [0.4, 0.5) is 0 Å². The molecule has 15 nitrogen and oxygen atoms in total. The van der Waals surface area contributed by atoms with Crippen molar-refractivity contribution in [2.24, 2.45) is 5.73 Å². The first-order valence-electron chi connectivity index (χ1n) is 14.0. The number of aliphatic hydroxyl groups excluding tert-OH is 2. The van der Waals surface area contributed by atoms with Crippen molar-refractivity contribution in [3.63, 3.8) is 0 Å². The minimum absolute atomic E-state index is 0.0152. The van der Waals surface area contributed by atoms with E-state index in [1.54, 1.807) is 48.5 Å². The van der Waals surface area contributed by atoms with Crippen LogP contribution in [0.25, 0.3) is 10.8 Å². The van der Waals surface area contributed by atoms with Crippen molar-refractivity contribution in [3.8, 4) is 11.5 Å². The second-order valence-corrected chi connectivity index (χ2v) is 12.3. The molecule has 1 fully saturated rings. The van der Waals surface area contributed by atoms with Crippen LogP contribution >= 0.6 is 7.75 Å². The quantitative estimate of drug-likeness (QED) is 0.108. The van der Waals surface area contributed by atoms with Crippen LogP contribution in [0, 0.1) is 0 Å². The molecule has 5 rings (SSSR count). The molecule has 0 bridgehead atoms. The summed E-state index contributed by atoms with van der Waals surface area (Å²) in [4.78, 5) is 38.7. The minimum Gasteiger partial charge on any atom is -0.493 e. The molecule has 1 aliphatic rings. The van der Waals surface area contributed by atoms with E-state index in [0.717, 1.165) is 27.8 Å². The fourth-order valence-electron chi connectivity index (χ4n) is 4.76. The number of benzene rings is 3. The summed E-state index contributed by atoms with van der Waals surface area (Å²) >= 11 is 0. The highest BCUT2D eigenvalue weighted by Gasteiger charge is 2.54. The number of nitrogens with two attached hydrogens (primary N) is 1. The molecule has 244 valence electrons. The van der Waals surface area contributed by atoms with Crippen molar-refractivity contribution in [2.75, 3.05) is 13.7 Å². The summed E-state index contributed by atoms with van der Waals surface area (Å²) in [6, 6.07) is 19.2. The zero-order valence-corrected chi connectivity index (χ0v) is 25.7. The largest absolute Gasteiger partial charge is 0.493 e. The standard InChI is InChI=1S/C30H33N4O11P/c1-18(28(38)42-16-19-8-4-3-5-9-19)33-46(40,45-23-15-21-11-7-6-10-20(21)14-22(23)41-2)43-17-30(31)26(37)25(36)27(44-30)34-13-12-24(35)32-29(34)39/h3-15,18,25-27,36-37H,16-17,31H2,1-2H3,(H,33,40)(H,32,35,39)/t18-,25+,26-,27+,30+,46?/m0/s1. The molecule has 0 amide bonds. The molecule has 6 N–H and O–H groups in total. The molecule has 3 aromatic carbocycles. The number of aromatic amines is 1. The molecule has 16 heteroatoms. The Morgan fingerprint density at radius 1 is 1.09 bits per heavy atom. The van der Waals surface area contributed by atoms with Gasteiger partial charge in [-0.2, -0.15) is 5.09 Å². The van der Waals surface area contributed by atoms with E-state index in [2.05, 4.69) is 5.09 Å². The highest BCUT2D eigenvalue weighted by Crippen LogP contribution is 2.50. The predicted octanol–water partition coefficient (Wildman–Crippen LogP) is 1.53. The number of methoxy groups -OCH3 is 1. The number of hydrogen-bond acceptors (Lipinski definition) is 12. The van der Waals surface area contributed by atoms with Gasteiger partial charge in [-0.1, -0.05) is 54.6 Å². The SMILES string of the molecule is COc1cc2ccccc2cc1OP(=O)(N[C@@H](C)C(=O)OCc1ccccc1)OC[C@@]1(N)O[C@@H](n2ccc(=O)[nH]c2=O)[C@H](O)[C@@H]1O. The third kappa shape index (κ3) is 7.21. The molecule has 1 saturated heterocycles. The molecule has 2 heterocycles. The summed E-state index contributed by atoms with van der Waals surface area (Å²) in [5.74, 6) is -0.607. The number of rotatable bonds is 12. The zero-order valence-electron chi connectivity index (χ0n) is 24.8. The Hall–Kier alpha value is -4.34. The maximum absolute atomic E-state index is 14.3.